The second-order valence-corrected chi connectivity index (χ2v) is 5.74. The van der Waals surface area contributed by atoms with Crippen molar-refractivity contribution in [1.82, 2.24) is 4.90 Å². The smallest absolute Gasteiger partial charge is 0.123 e. The molecule has 0 saturated carbocycles. The predicted octanol–water partition coefficient (Wildman–Crippen LogP) is 2.23. The third-order valence-electron chi connectivity index (χ3n) is 4.62. The van der Waals surface area contributed by atoms with Crippen LogP contribution in [0.25, 0.3) is 0 Å². The maximum absolute atomic E-state index is 13.0. The van der Waals surface area contributed by atoms with E-state index in [-0.39, 0.29) is 18.0 Å². The highest BCUT2D eigenvalue weighted by atomic mass is 19.1. The zero-order valence-electron chi connectivity index (χ0n) is 11.1. The third-order valence-corrected chi connectivity index (χ3v) is 4.62. The Morgan fingerprint density at radius 1 is 1.26 bits per heavy atom. The van der Waals surface area contributed by atoms with Crippen molar-refractivity contribution in [2.75, 3.05) is 25.0 Å². The van der Waals surface area contributed by atoms with Crippen molar-refractivity contribution in [1.29, 1.82) is 0 Å². The van der Waals surface area contributed by atoms with E-state index in [0.717, 1.165) is 31.6 Å². The van der Waals surface area contributed by atoms with Crippen molar-refractivity contribution in [3.8, 4) is 0 Å². The van der Waals surface area contributed by atoms with E-state index in [1.54, 1.807) is 12.1 Å². The van der Waals surface area contributed by atoms with E-state index in [1.165, 1.54) is 25.0 Å². The molecule has 3 rings (SSSR count). The van der Waals surface area contributed by atoms with Crippen LogP contribution >= 0.6 is 0 Å². The second-order valence-electron chi connectivity index (χ2n) is 5.74. The van der Waals surface area contributed by atoms with E-state index >= 15 is 0 Å². The zero-order chi connectivity index (χ0) is 13.3. The van der Waals surface area contributed by atoms with Crippen LogP contribution in [0, 0.1) is 5.82 Å². The Bertz CT molecular complexity index is 436. The van der Waals surface area contributed by atoms with Gasteiger partial charge in [0.2, 0.25) is 0 Å². The van der Waals surface area contributed by atoms with E-state index < -0.39 is 0 Å². The Hall–Kier alpha value is -1.13. The standard InChI is InChI=1S/C15H21FN2O/c16-12-4-6-13(7-5-12)17-15(11-19)8-10-18-9-2-1-3-14(15)18/h4-7,14,17,19H,1-3,8-11H2. The van der Waals surface area contributed by atoms with Crippen molar-refractivity contribution < 1.29 is 9.50 Å². The molecule has 0 radical (unpaired) electrons. The molecule has 1 aromatic rings. The molecular formula is C15H21FN2O. The fourth-order valence-electron chi connectivity index (χ4n) is 3.58. The Morgan fingerprint density at radius 2 is 2.05 bits per heavy atom. The summed E-state index contributed by atoms with van der Waals surface area (Å²) in [6.07, 6.45) is 4.57. The van der Waals surface area contributed by atoms with Gasteiger partial charge in [-0.2, -0.15) is 0 Å². The molecular weight excluding hydrogens is 243 g/mol. The molecule has 0 aliphatic carbocycles. The topological polar surface area (TPSA) is 35.5 Å². The molecule has 19 heavy (non-hydrogen) atoms. The first-order chi connectivity index (χ1) is 9.23. The van der Waals surface area contributed by atoms with Crippen LogP contribution in [0.5, 0.6) is 0 Å². The monoisotopic (exact) mass is 264 g/mol. The maximum atomic E-state index is 13.0. The van der Waals surface area contributed by atoms with Crippen LogP contribution < -0.4 is 5.32 Å². The van der Waals surface area contributed by atoms with E-state index in [4.69, 9.17) is 0 Å². The molecule has 0 spiro atoms. The molecule has 104 valence electrons. The molecule has 4 heteroatoms. The fourth-order valence-corrected chi connectivity index (χ4v) is 3.58. The highest BCUT2D eigenvalue weighted by molar-refractivity contribution is 5.47. The third kappa shape index (κ3) is 2.35. The molecule has 3 nitrogen and oxygen atoms in total. The quantitative estimate of drug-likeness (QED) is 0.879. The lowest BCUT2D eigenvalue weighted by molar-refractivity contribution is 0.123. The van der Waals surface area contributed by atoms with E-state index in [1.807, 2.05) is 0 Å². The van der Waals surface area contributed by atoms with Gasteiger partial charge < -0.3 is 10.4 Å². The number of aliphatic hydroxyl groups excluding tert-OH is 1. The summed E-state index contributed by atoms with van der Waals surface area (Å²) in [7, 11) is 0. The number of hydrogen-bond acceptors (Lipinski definition) is 3. The molecule has 2 atom stereocenters. The first-order valence-corrected chi connectivity index (χ1v) is 7.12. The Morgan fingerprint density at radius 3 is 2.79 bits per heavy atom. The van der Waals surface area contributed by atoms with E-state index in [9.17, 15) is 9.50 Å². The minimum atomic E-state index is -0.266. The summed E-state index contributed by atoms with van der Waals surface area (Å²) in [5.41, 5.74) is 0.626. The van der Waals surface area contributed by atoms with Gasteiger partial charge in [0.05, 0.1) is 12.1 Å². The summed E-state index contributed by atoms with van der Waals surface area (Å²) >= 11 is 0. The van der Waals surface area contributed by atoms with Gasteiger partial charge >= 0.3 is 0 Å². The summed E-state index contributed by atoms with van der Waals surface area (Å²) in [4.78, 5) is 2.48. The van der Waals surface area contributed by atoms with Gasteiger partial charge in [-0.05, 0) is 50.1 Å². The van der Waals surface area contributed by atoms with E-state index in [0.29, 0.717) is 6.04 Å². The molecule has 2 aliphatic rings. The SMILES string of the molecule is OCC1(Nc2ccc(F)cc2)CCN2CCCCC21. The van der Waals surface area contributed by atoms with Crippen molar-refractivity contribution in [3.05, 3.63) is 30.1 Å². The summed E-state index contributed by atoms with van der Waals surface area (Å²) < 4.78 is 13.0. The van der Waals surface area contributed by atoms with Crippen molar-refractivity contribution in [2.45, 2.75) is 37.3 Å². The van der Waals surface area contributed by atoms with Gasteiger partial charge in [-0.1, -0.05) is 6.42 Å². The average molecular weight is 264 g/mol. The van der Waals surface area contributed by atoms with Crippen molar-refractivity contribution >= 4 is 5.69 Å². The number of fused-ring (bicyclic) bond motifs is 1. The molecule has 2 aliphatic heterocycles. The first kappa shape index (κ1) is 12.9. The number of benzene rings is 1. The molecule has 0 amide bonds. The molecule has 2 N–H and O–H groups in total. The zero-order valence-corrected chi connectivity index (χ0v) is 11.1. The second kappa shape index (κ2) is 5.10. The first-order valence-electron chi connectivity index (χ1n) is 7.12. The van der Waals surface area contributed by atoms with Gasteiger partial charge in [-0.15, -0.1) is 0 Å². The predicted molar refractivity (Wildman–Crippen MR) is 73.7 cm³/mol. The molecule has 2 fully saturated rings. The fraction of sp³-hybridized carbons (Fsp3) is 0.600. The van der Waals surface area contributed by atoms with Gasteiger partial charge in [0.25, 0.3) is 0 Å². The number of halogens is 1. The van der Waals surface area contributed by atoms with Gasteiger partial charge in [0, 0.05) is 18.3 Å². The van der Waals surface area contributed by atoms with Gasteiger partial charge in [0.15, 0.2) is 0 Å². The molecule has 0 bridgehead atoms. The van der Waals surface area contributed by atoms with Crippen LogP contribution in [0.3, 0.4) is 0 Å². The lowest BCUT2D eigenvalue weighted by Gasteiger charge is -2.40. The number of nitrogens with one attached hydrogen (secondary N) is 1. The lowest BCUT2D eigenvalue weighted by Crippen LogP contribution is -2.54. The number of rotatable bonds is 3. The minimum absolute atomic E-state index is 0.130. The molecule has 1 aromatic carbocycles. The number of hydrogen-bond donors (Lipinski definition) is 2. The van der Waals surface area contributed by atoms with Crippen molar-refractivity contribution in [3.63, 3.8) is 0 Å². The van der Waals surface area contributed by atoms with Crippen LogP contribution in [0.15, 0.2) is 24.3 Å². The van der Waals surface area contributed by atoms with Gasteiger partial charge in [-0.25, -0.2) is 4.39 Å². The van der Waals surface area contributed by atoms with Gasteiger partial charge in [0.1, 0.15) is 5.82 Å². The Balaban J connectivity index is 1.81. The van der Waals surface area contributed by atoms with Crippen molar-refractivity contribution in [2.24, 2.45) is 0 Å². The summed E-state index contributed by atoms with van der Waals surface area (Å²) in [6.45, 7) is 2.31. The van der Waals surface area contributed by atoms with Crippen LogP contribution in [0.2, 0.25) is 0 Å². The Kier molecular flexibility index (Phi) is 3.46. The maximum Gasteiger partial charge on any atom is 0.123 e. The molecule has 0 aromatic heterocycles. The molecule has 2 unspecified atom stereocenters. The lowest BCUT2D eigenvalue weighted by atomic mass is 9.86. The largest absolute Gasteiger partial charge is 0.394 e. The highest BCUT2D eigenvalue weighted by Gasteiger charge is 2.47. The Labute approximate surface area is 113 Å². The molecule has 2 saturated heterocycles. The van der Waals surface area contributed by atoms with Crippen LogP contribution in [0.1, 0.15) is 25.7 Å². The van der Waals surface area contributed by atoms with Crippen LogP contribution in [-0.4, -0.2) is 41.3 Å². The van der Waals surface area contributed by atoms with Crippen LogP contribution in [0.4, 0.5) is 10.1 Å². The molecule has 2 heterocycles. The summed E-state index contributed by atoms with van der Waals surface area (Å²) in [6, 6.07) is 6.81. The van der Waals surface area contributed by atoms with E-state index in [2.05, 4.69) is 10.2 Å². The van der Waals surface area contributed by atoms with Gasteiger partial charge in [-0.3, -0.25) is 4.90 Å². The summed E-state index contributed by atoms with van der Waals surface area (Å²) in [5.74, 6) is -0.227. The average Bonchev–Trinajstić information content (AvgIpc) is 2.81. The number of piperidine rings is 1. The highest BCUT2D eigenvalue weighted by Crippen LogP contribution is 2.37. The minimum Gasteiger partial charge on any atom is -0.394 e. The number of nitrogens with zero attached hydrogens (tertiary/aromatic N) is 1. The summed E-state index contributed by atoms with van der Waals surface area (Å²) in [5, 5.41) is 13.4. The van der Waals surface area contributed by atoms with Crippen LogP contribution in [-0.2, 0) is 0 Å². The number of anilines is 1. The normalized spacial score (nSPS) is 31.2. The number of aliphatic hydroxyl groups is 1.